The molecule has 2 rings (SSSR count). The van der Waals surface area contributed by atoms with Crippen molar-refractivity contribution in [2.75, 3.05) is 12.4 Å². The third-order valence-electron chi connectivity index (χ3n) is 2.90. The maximum atomic E-state index is 12.2. The zero-order valence-electron chi connectivity index (χ0n) is 12.7. The van der Waals surface area contributed by atoms with Crippen LogP contribution in [0.25, 0.3) is 0 Å². The summed E-state index contributed by atoms with van der Waals surface area (Å²) in [5.74, 6) is -1.05. The zero-order chi connectivity index (χ0) is 16.8. The van der Waals surface area contributed by atoms with Crippen molar-refractivity contribution in [2.45, 2.75) is 6.92 Å². The van der Waals surface area contributed by atoms with E-state index in [2.05, 4.69) is 10.1 Å². The molecule has 0 radical (unpaired) electrons. The van der Waals surface area contributed by atoms with Crippen molar-refractivity contribution in [2.24, 2.45) is 0 Å². The average molecular weight is 313 g/mol. The average Bonchev–Trinajstić information content (AvgIpc) is 2.54. The van der Waals surface area contributed by atoms with Gasteiger partial charge in [-0.05, 0) is 36.4 Å². The fourth-order valence-electron chi connectivity index (χ4n) is 1.91. The Morgan fingerprint density at radius 3 is 2.35 bits per heavy atom. The molecule has 0 fully saturated rings. The lowest BCUT2D eigenvalue weighted by Gasteiger charge is -2.08. The highest BCUT2D eigenvalue weighted by molar-refractivity contribution is 6.05. The molecule has 0 aliphatic rings. The molecule has 0 heterocycles. The maximum Gasteiger partial charge on any atom is 0.337 e. The van der Waals surface area contributed by atoms with Crippen LogP contribution in [-0.2, 0) is 9.53 Å². The van der Waals surface area contributed by atoms with E-state index in [-0.39, 0.29) is 11.7 Å². The molecule has 118 valence electrons. The van der Waals surface area contributed by atoms with Crippen molar-refractivity contribution in [1.29, 1.82) is 0 Å². The standard InChI is InChI=1S/C17H15NO5/c1-11(19)23-15-8-4-5-12(10-15)16(20)18-14-7-3-6-13(9-14)17(21)22-2/h3-10H,1-2H3,(H,18,20). The second-order valence-corrected chi connectivity index (χ2v) is 4.65. The molecule has 0 aliphatic heterocycles. The van der Waals surface area contributed by atoms with Crippen LogP contribution in [0.5, 0.6) is 5.75 Å². The first-order chi connectivity index (χ1) is 11.0. The minimum Gasteiger partial charge on any atom is -0.465 e. The topological polar surface area (TPSA) is 81.7 Å². The van der Waals surface area contributed by atoms with Crippen LogP contribution in [0.3, 0.4) is 0 Å². The zero-order valence-corrected chi connectivity index (χ0v) is 12.7. The van der Waals surface area contributed by atoms with Crippen molar-refractivity contribution in [3.05, 3.63) is 59.7 Å². The van der Waals surface area contributed by atoms with Gasteiger partial charge in [-0.1, -0.05) is 12.1 Å². The van der Waals surface area contributed by atoms with Crippen molar-refractivity contribution >= 4 is 23.5 Å². The summed E-state index contributed by atoms with van der Waals surface area (Å²) < 4.78 is 9.57. The molecular formula is C17H15NO5. The minimum atomic E-state index is -0.488. The molecule has 0 bridgehead atoms. The highest BCUT2D eigenvalue weighted by atomic mass is 16.5. The van der Waals surface area contributed by atoms with E-state index in [4.69, 9.17) is 4.74 Å². The largest absolute Gasteiger partial charge is 0.465 e. The lowest BCUT2D eigenvalue weighted by atomic mass is 10.1. The van der Waals surface area contributed by atoms with Gasteiger partial charge in [0.1, 0.15) is 5.75 Å². The van der Waals surface area contributed by atoms with Crippen LogP contribution in [0.1, 0.15) is 27.6 Å². The van der Waals surface area contributed by atoms with Crippen LogP contribution >= 0.6 is 0 Å². The fourth-order valence-corrected chi connectivity index (χ4v) is 1.91. The Morgan fingerprint density at radius 2 is 1.65 bits per heavy atom. The number of anilines is 1. The molecule has 0 aliphatic carbocycles. The van der Waals surface area contributed by atoms with Crippen LogP contribution in [0.4, 0.5) is 5.69 Å². The van der Waals surface area contributed by atoms with Crippen LogP contribution in [0.15, 0.2) is 48.5 Å². The number of carbonyl (C=O) groups is 3. The van der Waals surface area contributed by atoms with Crippen molar-refractivity contribution in [3.8, 4) is 5.75 Å². The second-order valence-electron chi connectivity index (χ2n) is 4.65. The molecule has 6 nitrogen and oxygen atoms in total. The van der Waals surface area contributed by atoms with E-state index in [0.717, 1.165) is 0 Å². The Balaban J connectivity index is 2.16. The first kappa shape index (κ1) is 16.2. The van der Waals surface area contributed by atoms with E-state index < -0.39 is 11.9 Å². The molecule has 0 aromatic heterocycles. The van der Waals surface area contributed by atoms with Gasteiger partial charge >= 0.3 is 11.9 Å². The van der Waals surface area contributed by atoms with E-state index in [1.807, 2.05) is 0 Å². The van der Waals surface area contributed by atoms with Gasteiger partial charge < -0.3 is 14.8 Å². The van der Waals surface area contributed by atoms with Crippen LogP contribution in [-0.4, -0.2) is 25.0 Å². The normalized spacial score (nSPS) is 9.83. The monoisotopic (exact) mass is 313 g/mol. The summed E-state index contributed by atoms with van der Waals surface area (Å²) in [5.41, 5.74) is 1.11. The highest BCUT2D eigenvalue weighted by Gasteiger charge is 2.10. The molecule has 0 unspecified atom stereocenters. The highest BCUT2D eigenvalue weighted by Crippen LogP contribution is 2.16. The van der Waals surface area contributed by atoms with Crippen molar-refractivity contribution in [1.82, 2.24) is 0 Å². The Kier molecular flexibility index (Phi) is 5.09. The molecule has 23 heavy (non-hydrogen) atoms. The van der Waals surface area contributed by atoms with E-state index in [1.54, 1.807) is 36.4 Å². The number of rotatable bonds is 4. The third kappa shape index (κ3) is 4.41. The van der Waals surface area contributed by atoms with Gasteiger partial charge in [-0.15, -0.1) is 0 Å². The molecule has 2 aromatic rings. The van der Waals surface area contributed by atoms with Gasteiger partial charge in [0.15, 0.2) is 0 Å². The predicted molar refractivity (Wildman–Crippen MR) is 83.5 cm³/mol. The summed E-state index contributed by atoms with van der Waals surface area (Å²) >= 11 is 0. The smallest absolute Gasteiger partial charge is 0.337 e. The van der Waals surface area contributed by atoms with Gasteiger partial charge in [-0.25, -0.2) is 4.79 Å². The molecule has 2 aromatic carbocycles. The second kappa shape index (κ2) is 7.22. The fraction of sp³-hybridized carbons (Fsp3) is 0.118. The van der Waals surface area contributed by atoms with Crippen LogP contribution in [0, 0.1) is 0 Å². The molecule has 1 N–H and O–H groups in total. The summed E-state index contributed by atoms with van der Waals surface area (Å²) in [6.07, 6.45) is 0. The van der Waals surface area contributed by atoms with E-state index in [9.17, 15) is 14.4 Å². The number of methoxy groups -OCH3 is 1. The summed E-state index contributed by atoms with van der Waals surface area (Å²) in [6.45, 7) is 1.28. The van der Waals surface area contributed by atoms with Gasteiger partial charge in [0.2, 0.25) is 0 Å². The number of hydrogen-bond acceptors (Lipinski definition) is 5. The van der Waals surface area contributed by atoms with Gasteiger partial charge in [-0.3, -0.25) is 9.59 Å². The van der Waals surface area contributed by atoms with Gasteiger partial charge in [0.05, 0.1) is 12.7 Å². The number of hydrogen-bond donors (Lipinski definition) is 1. The van der Waals surface area contributed by atoms with E-state index >= 15 is 0 Å². The predicted octanol–water partition coefficient (Wildman–Crippen LogP) is 2.65. The van der Waals surface area contributed by atoms with E-state index in [0.29, 0.717) is 16.8 Å². The van der Waals surface area contributed by atoms with Crippen LogP contribution in [0.2, 0.25) is 0 Å². The van der Waals surface area contributed by atoms with Crippen molar-refractivity contribution < 1.29 is 23.9 Å². The Labute approximate surface area is 133 Å². The lowest BCUT2D eigenvalue weighted by Crippen LogP contribution is -2.13. The third-order valence-corrected chi connectivity index (χ3v) is 2.90. The maximum absolute atomic E-state index is 12.2. The Hall–Kier alpha value is -3.15. The minimum absolute atomic E-state index is 0.286. The summed E-state index contributed by atoms with van der Waals surface area (Å²) in [6, 6.07) is 12.6. The molecule has 6 heteroatoms. The summed E-state index contributed by atoms with van der Waals surface area (Å²) in [7, 11) is 1.29. The SMILES string of the molecule is COC(=O)c1cccc(NC(=O)c2cccc(OC(C)=O)c2)c1. The quantitative estimate of drug-likeness (QED) is 0.693. The molecule has 1 amide bonds. The van der Waals surface area contributed by atoms with Gasteiger partial charge in [-0.2, -0.15) is 0 Å². The number of amides is 1. The van der Waals surface area contributed by atoms with E-state index in [1.165, 1.54) is 26.2 Å². The Morgan fingerprint density at radius 1 is 0.957 bits per heavy atom. The number of benzene rings is 2. The number of esters is 2. The Bertz CT molecular complexity index is 754. The molecule has 0 saturated heterocycles. The first-order valence-corrected chi connectivity index (χ1v) is 6.78. The van der Waals surface area contributed by atoms with Gasteiger partial charge in [0, 0.05) is 18.2 Å². The summed E-state index contributed by atoms with van der Waals surface area (Å²) in [5, 5.41) is 2.67. The van der Waals surface area contributed by atoms with Crippen LogP contribution < -0.4 is 10.1 Å². The molecule has 0 spiro atoms. The first-order valence-electron chi connectivity index (χ1n) is 6.78. The lowest BCUT2D eigenvalue weighted by molar-refractivity contribution is -0.131. The molecular weight excluding hydrogens is 298 g/mol. The van der Waals surface area contributed by atoms with Crippen molar-refractivity contribution in [3.63, 3.8) is 0 Å². The summed E-state index contributed by atoms with van der Waals surface area (Å²) in [4.78, 5) is 34.7. The number of nitrogens with one attached hydrogen (secondary N) is 1. The molecule has 0 saturated carbocycles. The van der Waals surface area contributed by atoms with Gasteiger partial charge in [0.25, 0.3) is 5.91 Å². The number of carbonyl (C=O) groups excluding carboxylic acids is 3. The molecule has 0 atom stereocenters. The number of ether oxygens (including phenoxy) is 2.